The Labute approximate surface area is 115 Å². The van der Waals surface area contributed by atoms with E-state index in [-0.39, 0.29) is 11.8 Å². The monoisotopic (exact) mass is 263 g/mol. The molecule has 0 aliphatic carbocycles. The molecule has 2 heterocycles. The van der Waals surface area contributed by atoms with Crippen molar-refractivity contribution in [3.05, 3.63) is 24.5 Å². The van der Waals surface area contributed by atoms with Crippen molar-refractivity contribution in [2.45, 2.75) is 39.3 Å². The summed E-state index contributed by atoms with van der Waals surface area (Å²) in [5.41, 5.74) is 0. The maximum Gasteiger partial charge on any atom is 0.224 e. The summed E-state index contributed by atoms with van der Waals surface area (Å²) in [5.74, 6) is 0.387. The number of hydrogen-bond donors (Lipinski definition) is 1. The van der Waals surface area contributed by atoms with E-state index in [1.54, 1.807) is 0 Å². The standard InChI is InChI=1S/C15H25N3O/c1-13(2)18-10-5-6-14(12-18)15(19)16-7-11-17-8-3-4-9-17/h3-4,8-9,13-14H,5-7,10-12H2,1-2H3,(H,16,19)/t14-/m0/s1. The molecular formula is C15H25N3O. The Morgan fingerprint density at radius 1 is 1.37 bits per heavy atom. The van der Waals surface area contributed by atoms with Gasteiger partial charge in [-0.3, -0.25) is 4.79 Å². The summed E-state index contributed by atoms with van der Waals surface area (Å²) in [6.45, 7) is 8.00. The van der Waals surface area contributed by atoms with E-state index in [9.17, 15) is 4.79 Å². The van der Waals surface area contributed by atoms with Gasteiger partial charge in [-0.25, -0.2) is 0 Å². The topological polar surface area (TPSA) is 37.3 Å². The molecule has 2 rings (SSSR count). The van der Waals surface area contributed by atoms with Crippen LogP contribution in [0.1, 0.15) is 26.7 Å². The Bertz CT molecular complexity index is 386. The molecule has 1 aromatic heterocycles. The first kappa shape index (κ1) is 14.1. The minimum atomic E-state index is 0.167. The summed E-state index contributed by atoms with van der Waals surface area (Å²) < 4.78 is 2.08. The number of nitrogens with one attached hydrogen (secondary N) is 1. The van der Waals surface area contributed by atoms with Crippen LogP contribution < -0.4 is 5.32 Å². The van der Waals surface area contributed by atoms with Crippen LogP contribution in [0.5, 0.6) is 0 Å². The molecule has 106 valence electrons. The minimum absolute atomic E-state index is 0.167. The Hall–Kier alpha value is -1.29. The SMILES string of the molecule is CC(C)N1CCC[C@H](C(=O)NCCn2cccc2)C1. The van der Waals surface area contributed by atoms with Gasteiger partial charge in [-0.05, 0) is 45.4 Å². The van der Waals surface area contributed by atoms with Gasteiger partial charge < -0.3 is 14.8 Å². The average molecular weight is 263 g/mol. The molecule has 1 fully saturated rings. The molecule has 1 atom stereocenters. The molecule has 19 heavy (non-hydrogen) atoms. The average Bonchev–Trinajstić information content (AvgIpc) is 2.92. The lowest BCUT2D eigenvalue weighted by atomic mass is 9.96. The minimum Gasteiger partial charge on any atom is -0.354 e. The molecule has 4 heteroatoms. The van der Waals surface area contributed by atoms with E-state index >= 15 is 0 Å². The van der Waals surface area contributed by atoms with Crippen molar-refractivity contribution in [3.63, 3.8) is 0 Å². The third-order valence-corrected chi connectivity index (χ3v) is 3.89. The van der Waals surface area contributed by atoms with Gasteiger partial charge in [0.2, 0.25) is 5.91 Å². The number of hydrogen-bond acceptors (Lipinski definition) is 2. The zero-order chi connectivity index (χ0) is 13.7. The van der Waals surface area contributed by atoms with Crippen molar-refractivity contribution >= 4 is 5.91 Å². The normalized spacial score (nSPS) is 20.7. The number of carbonyl (C=O) groups excluding carboxylic acids is 1. The smallest absolute Gasteiger partial charge is 0.224 e. The lowest BCUT2D eigenvalue weighted by Gasteiger charge is -2.34. The van der Waals surface area contributed by atoms with Crippen molar-refractivity contribution in [2.75, 3.05) is 19.6 Å². The van der Waals surface area contributed by atoms with Crippen LogP contribution in [0.2, 0.25) is 0 Å². The second-order valence-corrected chi connectivity index (χ2v) is 5.64. The number of nitrogens with zero attached hydrogens (tertiary/aromatic N) is 2. The number of likely N-dealkylation sites (tertiary alicyclic amines) is 1. The summed E-state index contributed by atoms with van der Waals surface area (Å²) in [6, 6.07) is 4.54. The Morgan fingerprint density at radius 3 is 2.79 bits per heavy atom. The predicted molar refractivity (Wildman–Crippen MR) is 76.9 cm³/mol. The fourth-order valence-electron chi connectivity index (χ4n) is 2.66. The van der Waals surface area contributed by atoms with Gasteiger partial charge in [0, 0.05) is 38.1 Å². The first-order chi connectivity index (χ1) is 9.16. The van der Waals surface area contributed by atoms with Crippen LogP contribution in [-0.4, -0.2) is 41.1 Å². The lowest BCUT2D eigenvalue weighted by Crippen LogP contribution is -2.45. The number of piperidine rings is 1. The van der Waals surface area contributed by atoms with E-state index in [1.807, 2.05) is 24.5 Å². The van der Waals surface area contributed by atoms with E-state index in [1.165, 1.54) is 0 Å². The molecule has 0 unspecified atom stereocenters. The first-order valence-corrected chi connectivity index (χ1v) is 7.29. The summed E-state index contributed by atoms with van der Waals surface area (Å²) in [6.07, 6.45) is 6.20. The maximum absolute atomic E-state index is 12.1. The van der Waals surface area contributed by atoms with Crippen LogP contribution in [0, 0.1) is 5.92 Å². The Balaban J connectivity index is 1.73. The Kier molecular flexibility index (Phi) is 5.02. The summed E-state index contributed by atoms with van der Waals surface area (Å²) >= 11 is 0. The molecule has 0 saturated carbocycles. The third-order valence-electron chi connectivity index (χ3n) is 3.89. The van der Waals surface area contributed by atoms with E-state index in [0.717, 1.165) is 32.5 Å². The molecule has 1 amide bonds. The van der Waals surface area contributed by atoms with Crippen molar-refractivity contribution in [1.29, 1.82) is 0 Å². The molecule has 1 aliphatic heterocycles. The van der Waals surface area contributed by atoms with Crippen molar-refractivity contribution in [1.82, 2.24) is 14.8 Å². The van der Waals surface area contributed by atoms with Crippen molar-refractivity contribution < 1.29 is 4.79 Å². The van der Waals surface area contributed by atoms with E-state index < -0.39 is 0 Å². The van der Waals surface area contributed by atoms with E-state index in [2.05, 4.69) is 28.6 Å². The maximum atomic E-state index is 12.1. The Morgan fingerprint density at radius 2 is 2.11 bits per heavy atom. The molecule has 0 bridgehead atoms. The largest absolute Gasteiger partial charge is 0.354 e. The van der Waals surface area contributed by atoms with Crippen LogP contribution in [0.15, 0.2) is 24.5 Å². The number of aromatic nitrogens is 1. The highest BCUT2D eigenvalue weighted by atomic mass is 16.1. The summed E-state index contributed by atoms with van der Waals surface area (Å²) in [4.78, 5) is 14.6. The number of amides is 1. The van der Waals surface area contributed by atoms with Gasteiger partial charge in [-0.2, -0.15) is 0 Å². The quantitative estimate of drug-likeness (QED) is 0.878. The van der Waals surface area contributed by atoms with Gasteiger partial charge in [0.05, 0.1) is 5.92 Å². The van der Waals surface area contributed by atoms with Gasteiger partial charge in [0.25, 0.3) is 0 Å². The molecule has 1 saturated heterocycles. The van der Waals surface area contributed by atoms with Gasteiger partial charge in [0.1, 0.15) is 0 Å². The summed E-state index contributed by atoms with van der Waals surface area (Å²) in [7, 11) is 0. The van der Waals surface area contributed by atoms with Crippen LogP contribution in [0.3, 0.4) is 0 Å². The van der Waals surface area contributed by atoms with Crippen molar-refractivity contribution in [2.24, 2.45) is 5.92 Å². The molecule has 1 aliphatic rings. The predicted octanol–water partition coefficient (Wildman–Crippen LogP) is 1.72. The first-order valence-electron chi connectivity index (χ1n) is 7.29. The second kappa shape index (κ2) is 6.75. The fraction of sp³-hybridized carbons (Fsp3) is 0.667. The molecule has 0 radical (unpaired) electrons. The number of rotatable bonds is 5. The zero-order valence-electron chi connectivity index (χ0n) is 12.0. The van der Waals surface area contributed by atoms with Gasteiger partial charge in [0.15, 0.2) is 0 Å². The molecule has 1 N–H and O–H groups in total. The highest BCUT2D eigenvalue weighted by molar-refractivity contribution is 5.78. The van der Waals surface area contributed by atoms with Gasteiger partial charge in [-0.15, -0.1) is 0 Å². The van der Waals surface area contributed by atoms with E-state index in [4.69, 9.17) is 0 Å². The van der Waals surface area contributed by atoms with Crippen LogP contribution in [0.25, 0.3) is 0 Å². The molecular weight excluding hydrogens is 238 g/mol. The summed E-state index contributed by atoms with van der Waals surface area (Å²) in [5, 5.41) is 3.06. The molecule has 0 aromatic carbocycles. The fourth-order valence-corrected chi connectivity index (χ4v) is 2.66. The van der Waals surface area contributed by atoms with Crippen LogP contribution in [0.4, 0.5) is 0 Å². The van der Waals surface area contributed by atoms with E-state index in [0.29, 0.717) is 12.6 Å². The van der Waals surface area contributed by atoms with Crippen molar-refractivity contribution in [3.8, 4) is 0 Å². The highest BCUT2D eigenvalue weighted by Crippen LogP contribution is 2.18. The van der Waals surface area contributed by atoms with Crippen LogP contribution in [-0.2, 0) is 11.3 Å². The zero-order valence-corrected chi connectivity index (χ0v) is 12.0. The highest BCUT2D eigenvalue weighted by Gasteiger charge is 2.26. The molecule has 0 spiro atoms. The number of carbonyl (C=O) groups is 1. The second-order valence-electron chi connectivity index (χ2n) is 5.64. The molecule has 1 aromatic rings. The van der Waals surface area contributed by atoms with Crippen LogP contribution >= 0.6 is 0 Å². The molecule has 4 nitrogen and oxygen atoms in total. The lowest BCUT2D eigenvalue weighted by molar-refractivity contribution is -0.126. The van der Waals surface area contributed by atoms with Gasteiger partial charge in [-0.1, -0.05) is 0 Å². The third kappa shape index (κ3) is 4.10. The van der Waals surface area contributed by atoms with Gasteiger partial charge >= 0.3 is 0 Å².